The lowest BCUT2D eigenvalue weighted by atomic mass is 10.0. The van der Waals surface area contributed by atoms with Crippen LogP contribution in [-0.2, 0) is 19.4 Å². The second kappa shape index (κ2) is 9.80. The molecule has 1 unspecified atom stereocenters. The zero-order valence-electron chi connectivity index (χ0n) is 12.9. The van der Waals surface area contributed by atoms with Crippen LogP contribution < -0.4 is 0 Å². The SMILES string of the molecule is C=CCC(O)C/C(=N\OS(=O)(=O)O)S[C@@H]1O[C@H](CO)[C@@H](O)[C@H](O)[C@H]1O. The number of hydrogen-bond acceptors (Lipinski definition) is 11. The van der Waals surface area contributed by atoms with Crippen molar-refractivity contribution in [2.45, 2.75) is 48.8 Å². The van der Waals surface area contributed by atoms with Crippen molar-refractivity contribution in [3.63, 3.8) is 0 Å². The molecule has 146 valence electrons. The topological polar surface area (TPSA) is 186 Å². The van der Waals surface area contributed by atoms with Crippen molar-refractivity contribution in [2.75, 3.05) is 6.61 Å². The van der Waals surface area contributed by atoms with Crippen LogP contribution in [0.2, 0.25) is 0 Å². The summed E-state index contributed by atoms with van der Waals surface area (Å²) in [6, 6.07) is 0. The molecule has 11 nitrogen and oxygen atoms in total. The second-order valence-electron chi connectivity index (χ2n) is 5.18. The average molecular weight is 403 g/mol. The molecule has 1 aliphatic rings. The number of nitrogens with zero attached hydrogens (tertiary/aromatic N) is 1. The molecule has 1 saturated heterocycles. The molecule has 1 aliphatic heterocycles. The number of oxime groups is 1. The predicted molar refractivity (Wildman–Crippen MR) is 86.9 cm³/mol. The summed E-state index contributed by atoms with van der Waals surface area (Å²) in [7, 11) is -4.89. The third-order valence-corrected chi connectivity index (χ3v) is 4.58. The Hall–Kier alpha value is -0.770. The summed E-state index contributed by atoms with van der Waals surface area (Å²) in [4.78, 5) is 0. The summed E-state index contributed by atoms with van der Waals surface area (Å²) in [5.74, 6) is 0. The van der Waals surface area contributed by atoms with Crippen molar-refractivity contribution >= 4 is 27.2 Å². The van der Waals surface area contributed by atoms with Crippen LogP contribution in [0.4, 0.5) is 0 Å². The third kappa shape index (κ3) is 7.16. The summed E-state index contributed by atoms with van der Waals surface area (Å²) in [5, 5.41) is 51.3. The van der Waals surface area contributed by atoms with E-state index in [0.717, 1.165) is 0 Å². The van der Waals surface area contributed by atoms with E-state index in [2.05, 4.69) is 16.0 Å². The molecule has 13 heteroatoms. The highest BCUT2D eigenvalue weighted by atomic mass is 32.3. The van der Waals surface area contributed by atoms with E-state index >= 15 is 0 Å². The van der Waals surface area contributed by atoms with Gasteiger partial charge in [-0.1, -0.05) is 23.0 Å². The molecule has 0 aromatic carbocycles. The number of aliphatic hydroxyl groups is 5. The van der Waals surface area contributed by atoms with Gasteiger partial charge in [-0.2, -0.15) is 8.42 Å². The maximum Gasteiger partial charge on any atom is 0.466 e. The zero-order valence-corrected chi connectivity index (χ0v) is 14.6. The summed E-state index contributed by atoms with van der Waals surface area (Å²) >= 11 is 0.594. The Balaban J connectivity index is 2.92. The van der Waals surface area contributed by atoms with Crippen molar-refractivity contribution in [1.29, 1.82) is 0 Å². The van der Waals surface area contributed by atoms with Gasteiger partial charge in [-0.3, -0.25) is 4.55 Å². The standard InChI is InChI=1S/C12H21NO10S2/c1-2-3-6(15)4-8(13-23-25(19,20)21)24-12-11(18)10(17)9(16)7(5-14)22-12/h2,6-7,9-12,14-18H,1,3-5H2,(H,19,20,21)/b13-8+/t6?,7-,9-,10+,11-,12+/m1/s1. The summed E-state index contributed by atoms with van der Waals surface area (Å²) in [6.07, 6.45) is -5.67. The van der Waals surface area contributed by atoms with Gasteiger partial charge in [0.25, 0.3) is 0 Å². The summed E-state index contributed by atoms with van der Waals surface area (Å²) in [5.41, 5.74) is -1.25. The first-order valence-corrected chi connectivity index (χ1v) is 9.32. The molecule has 0 aromatic heterocycles. The highest BCUT2D eigenvalue weighted by Crippen LogP contribution is 2.30. The zero-order chi connectivity index (χ0) is 19.2. The van der Waals surface area contributed by atoms with Crippen LogP contribution in [-0.4, -0.2) is 86.1 Å². The smallest absolute Gasteiger partial charge is 0.394 e. The minimum absolute atomic E-state index is 0.139. The Morgan fingerprint density at radius 1 is 1.32 bits per heavy atom. The molecule has 1 rings (SSSR count). The normalized spacial score (nSPS) is 32.2. The maximum absolute atomic E-state index is 10.6. The van der Waals surface area contributed by atoms with Crippen LogP contribution in [0.25, 0.3) is 0 Å². The van der Waals surface area contributed by atoms with E-state index in [1.54, 1.807) is 0 Å². The molecular weight excluding hydrogens is 382 g/mol. The van der Waals surface area contributed by atoms with Gasteiger partial charge in [0.2, 0.25) is 0 Å². The highest BCUT2D eigenvalue weighted by molar-refractivity contribution is 8.14. The van der Waals surface area contributed by atoms with Crippen molar-refractivity contribution in [3.05, 3.63) is 12.7 Å². The average Bonchev–Trinajstić information content (AvgIpc) is 2.52. The number of ether oxygens (including phenoxy) is 1. The lowest BCUT2D eigenvalue weighted by Crippen LogP contribution is -2.57. The monoisotopic (exact) mass is 403 g/mol. The van der Waals surface area contributed by atoms with Gasteiger partial charge in [0.1, 0.15) is 34.9 Å². The second-order valence-corrected chi connectivity index (χ2v) is 7.36. The van der Waals surface area contributed by atoms with E-state index in [0.29, 0.717) is 11.8 Å². The molecule has 0 amide bonds. The van der Waals surface area contributed by atoms with Crippen molar-refractivity contribution in [3.8, 4) is 0 Å². The molecule has 0 aliphatic carbocycles. The van der Waals surface area contributed by atoms with E-state index in [9.17, 15) is 28.8 Å². The lowest BCUT2D eigenvalue weighted by molar-refractivity contribution is -0.205. The Morgan fingerprint density at radius 2 is 1.96 bits per heavy atom. The van der Waals surface area contributed by atoms with Crippen molar-refractivity contribution < 1.29 is 47.5 Å². The van der Waals surface area contributed by atoms with Crippen LogP contribution in [0.3, 0.4) is 0 Å². The molecule has 0 bridgehead atoms. The van der Waals surface area contributed by atoms with Gasteiger partial charge in [0, 0.05) is 6.42 Å². The Kier molecular flexibility index (Phi) is 8.73. The first-order chi connectivity index (χ1) is 11.6. The number of rotatable bonds is 8. The predicted octanol–water partition coefficient (Wildman–Crippen LogP) is -2.02. The van der Waals surface area contributed by atoms with Crippen LogP contribution in [0, 0.1) is 0 Å². The van der Waals surface area contributed by atoms with Gasteiger partial charge in [-0.05, 0) is 6.42 Å². The van der Waals surface area contributed by atoms with Gasteiger partial charge in [-0.25, -0.2) is 4.28 Å². The van der Waals surface area contributed by atoms with Crippen molar-refractivity contribution in [2.24, 2.45) is 5.16 Å². The number of thioether (sulfide) groups is 1. The molecule has 1 heterocycles. The molecule has 0 aromatic rings. The molecule has 0 saturated carbocycles. The van der Waals surface area contributed by atoms with Gasteiger partial charge in [0.15, 0.2) is 0 Å². The van der Waals surface area contributed by atoms with Gasteiger partial charge in [-0.15, -0.1) is 6.58 Å². The Morgan fingerprint density at radius 3 is 2.48 bits per heavy atom. The number of aliphatic hydroxyl groups excluding tert-OH is 5. The molecule has 1 fully saturated rings. The minimum atomic E-state index is -4.89. The largest absolute Gasteiger partial charge is 0.466 e. The summed E-state index contributed by atoms with van der Waals surface area (Å²) < 4.78 is 39.0. The van der Waals surface area contributed by atoms with Crippen LogP contribution in [0.5, 0.6) is 0 Å². The molecular formula is C12H21NO10S2. The van der Waals surface area contributed by atoms with E-state index < -0.39 is 53.0 Å². The highest BCUT2D eigenvalue weighted by Gasteiger charge is 2.44. The fourth-order valence-electron chi connectivity index (χ4n) is 1.97. The molecule has 0 spiro atoms. The van der Waals surface area contributed by atoms with Gasteiger partial charge in [0.05, 0.1) is 12.7 Å². The molecule has 6 N–H and O–H groups in total. The Bertz CT molecular complexity index is 566. The van der Waals surface area contributed by atoms with E-state index in [1.165, 1.54) is 6.08 Å². The maximum atomic E-state index is 10.6. The minimum Gasteiger partial charge on any atom is -0.394 e. The molecule has 0 radical (unpaired) electrons. The lowest BCUT2D eigenvalue weighted by Gasteiger charge is -2.39. The van der Waals surface area contributed by atoms with Crippen LogP contribution in [0.1, 0.15) is 12.8 Å². The van der Waals surface area contributed by atoms with E-state index in [4.69, 9.17) is 14.4 Å². The van der Waals surface area contributed by atoms with Crippen molar-refractivity contribution in [1.82, 2.24) is 0 Å². The number of hydrogen-bond donors (Lipinski definition) is 6. The molecule has 25 heavy (non-hydrogen) atoms. The quantitative estimate of drug-likeness (QED) is 0.0863. The first-order valence-electron chi connectivity index (χ1n) is 7.08. The van der Waals surface area contributed by atoms with Gasteiger partial charge >= 0.3 is 10.4 Å². The fourth-order valence-corrected chi connectivity index (χ4v) is 3.34. The van der Waals surface area contributed by atoms with Crippen LogP contribution >= 0.6 is 11.8 Å². The van der Waals surface area contributed by atoms with Crippen LogP contribution in [0.15, 0.2) is 17.8 Å². The Labute approximate surface area is 148 Å². The first kappa shape index (κ1) is 22.3. The fraction of sp³-hybridized carbons (Fsp3) is 0.750. The summed E-state index contributed by atoms with van der Waals surface area (Å²) in [6.45, 7) is 2.79. The van der Waals surface area contributed by atoms with Gasteiger partial charge < -0.3 is 30.3 Å². The third-order valence-electron chi connectivity index (χ3n) is 3.18. The van der Waals surface area contributed by atoms with E-state index in [1.807, 2.05) is 0 Å². The van der Waals surface area contributed by atoms with E-state index in [-0.39, 0.29) is 17.9 Å². The molecule has 6 atom stereocenters.